The number of benzene rings is 1. The maximum atomic E-state index is 5.74. The second-order valence-electron chi connectivity index (χ2n) is 4.71. The molecule has 23 heavy (non-hydrogen) atoms. The highest BCUT2D eigenvalue weighted by Gasteiger charge is 2.02. The first-order valence-electron chi connectivity index (χ1n) is 7.11. The van der Waals surface area contributed by atoms with Crippen LogP contribution in [0.3, 0.4) is 0 Å². The van der Waals surface area contributed by atoms with Gasteiger partial charge in [0.05, 0.1) is 7.11 Å². The number of pyridine rings is 1. The number of hydrogen-bond acceptors (Lipinski definition) is 6. The molecule has 0 radical (unpaired) electrons. The summed E-state index contributed by atoms with van der Waals surface area (Å²) >= 11 is 0. The van der Waals surface area contributed by atoms with Crippen molar-refractivity contribution >= 4 is 5.95 Å². The molecule has 6 nitrogen and oxygen atoms in total. The number of aromatic nitrogens is 3. The van der Waals surface area contributed by atoms with Gasteiger partial charge >= 0.3 is 0 Å². The smallest absolute Gasteiger partial charge is 0.222 e. The molecular weight excluding hydrogens is 292 g/mol. The fourth-order valence-corrected chi connectivity index (χ4v) is 1.95. The van der Waals surface area contributed by atoms with Crippen molar-refractivity contribution in [1.82, 2.24) is 15.0 Å². The van der Waals surface area contributed by atoms with E-state index in [2.05, 4.69) is 20.3 Å². The molecule has 0 aliphatic heterocycles. The molecule has 2 aromatic heterocycles. The Balaban J connectivity index is 1.64. The summed E-state index contributed by atoms with van der Waals surface area (Å²) in [5.74, 6) is 2.60. The van der Waals surface area contributed by atoms with Crippen LogP contribution in [-0.4, -0.2) is 22.1 Å². The van der Waals surface area contributed by atoms with E-state index in [9.17, 15) is 0 Å². The maximum absolute atomic E-state index is 5.74. The third-order valence-corrected chi connectivity index (χ3v) is 3.10. The second-order valence-corrected chi connectivity index (χ2v) is 4.71. The average molecular weight is 308 g/mol. The number of rotatable bonds is 6. The minimum Gasteiger partial charge on any atom is -0.497 e. The first-order chi connectivity index (χ1) is 11.3. The fraction of sp³-hybridized carbons (Fsp3) is 0.118. The van der Waals surface area contributed by atoms with E-state index in [0.717, 1.165) is 11.3 Å². The van der Waals surface area contributed by atoms with Crippen molar-refractivity contribution in [2.75, 3.05) is 12.4 Å². The molecular formula is C17H16N4O2. The molecule has 0 saturated carbocycles. The lowest BCUT2D eigenvalue weighted by molar-refractivity contribution is 0.412. The Hall–Kier alpha value is -3.15. The van der Waals surface area contributed by atoms with Crippen LogP contribution < -0.4 is 14.8 Å². The number of anilines is 1. The molecule has 0 bridgehead atoms. The van der Waals surface area contributed by atoms with Crippen molar-refractivity contribution < 1.29 is 9.47 Å². The summed E-state index contributed by atoms with van der Waals surface area (Å²) in [4.78, 5) is 12.5. The van der Waals surface area contributed by atoms with Crippen molar-refractivity contribution in [1.29, 1.82) is 0 Å². The Kier molecular flexibility index (Phi) is 4.63. The van der Waals surface area contributed by atoms with Crippen LogP contribution in [0.25, 0.3) is 0 Å². The van der Waals surface area contributed by atoms with E-state index in [4.69, 9.17) is 9.47 Å². The SMILES string of the molecule is COc1ccc(Oc2cc(CNc3ncccn3)ccn2)cc1. The van der Waals surface area contributed by atoms with Crippen molar-refractivity contribution in [3.8, 4) is 17.4 Å². The summed E-state index contributed by atoms with van der Waals surface area (Å²) in [7, 11) is 1.63. The second kappa shape index (κ2) is 7.22. The van der Waals surface area contributed by atoms with Crippen LogP contribution in [0.4, 0.5) is 5.95 Å². The molecule has 0 unspecified atom stereocenters. The first-order valence-corrected chi connectivity index (χ1v) is 7.11. The monoisotopic (exact) mass is 308 g/mol. The molecule has 3 aromatic rings. The zero-order valence-corrected chi connectivity index (χ0v) is 12.6. The molecule has 1 aromatic carbocycles. The van der Waals surface area contributed by atoms with Crippen LogP contribution in [-0.2, 0) is 6.54 Å². The highest BCUT2D eigenvalue weighted by Crippen LogP contribution is 2.22. The number of ether oxygens (including phenoxy) is 2. The fourth-order valence-electron chi connectivity index (χ4n) is 1.95. The summed E-state index contributed by atoms with van der Waals surface area (Å²) in [6.07, 6.45) is 5.10. The molecule has 0 atom stereocenters. The Morgan fingerprint density at radius 2 is 1.65 bits per heavy atom. The van der Waals surface area contributed by atoms with E-state index < -0.39 is 0 Å². The lowest BCUT2D eigenvalue weighted by atomic mass is 10.2. The van der Waals surface area contributed by atoms with Gasteiger partial charge in [-0.05, 0) is 42.0 Å². The van der Waals surface area contributed by atoms with Crippen LogP contribution >= 0.6 is 0 Å². The molecule has 0 aliphatic rings. The maximum Gasteiger partial charge on any atom is 0.222 e. The van der Waals surface area contributed by atoms with Gasteiger partial charge in [0, 0.05) is 31.2 Å². The Morgan fingerprint density at radius 3 is 2.39 bits per heavy atom. The van der Waals surface area contributed by atoms with Crippen LogP contribution in [0.15, 0.2) is 61.1 Å². The van der Waals surface area contributed by atoms with Gasteiger partial charge in [-0.3, -0.25) is 0 Å². The molecule has 0 saturated heterocycles. The average Bonchev–Trinajstić information content (AvgIpc) is 2.62. The minimum atomic E-state index is 0.531. The molecule has 0 aliphatic carbocycles. The third kappa shape index (κ3) is 4.16. The number of methoxy groups -OCH3 is 1. The topological polar surface area (TPSA) is 69.2 Å². The van der Waals surface area contributed by atoms with Crippen LogP contribution in [0.1, 0.15) is 5.56 Å². The van der Waals surface area contributed by atoms with Gasteiger partial charge < -0.3 is 14.8 Å². The zero-order valence-electron chi connectivity index (χ0n) is 12.6. The van der Waals surface area contributed by atoms with Gasteiger partial charge in [0.2, 0.25) is 11.8 Å². The number of hydrogen-bond donors (Lipinski definition) is 1. The van der Waals surface area contributed by atoms with Gasteiger partial charge in [-0.1, -0.05) is 0 Å². The van der Waals surface area contributed by atoms with E-state index in [1.807, 2.05) is 36.4 Å². The van der Waals surface area contributed by atoms with Crippen LogP contribution in [0.5, 0.6) is 17.4 Å². The lowest BCUT2D eigenvalue weighted by Gasteiger charge is -2.08. The Labute approximate surface area is 134 Å². The summed E-state index contributed by atoms with van der Waals surface area (Å²) in [5, 5.41) is 3.15. The summed E-state index contributed by atoms with van der Waals surface area (Å²) in [6, 6.07) is 12.9. The highest BCUT2D eigenvalue weighted by molar-refractivity contribution is 5.35. The van der Waals surface area contributed by atoms with Gasteiger partial charge in [-0.2, -0.15) is 0 Å². The van der Waals surface area contributed by atoms with E-state index >= 15 is 0 Å². The third-order valence-electron chi connectivity index (χ3n) is 3.10. The lowest BCUT2D eigenvalue weighted by Crippen LogP contribution is -2.03. The predicted octanol–water partition coefficient (Wildman–Crippen LogP) is 3.28. The predicted molar refractivity (Wildman–Crippen MR) is 86.7 cm³/mol. The number of nitrogens with one attached hydrogen (secondary N) is 1. The molecule has 3 rings (SSSR count). The summed E-state index contributed by atoms with van der Waals surface area (Å²) in [5.41, 5.74) is 1.02. The largest absolute Gasteiger partial charge is 0.497 e. The molecule has 1 N–H and O–H groups in total. The van der Waals surface area contributed by atoms with Gasteiger partial charge in [0.1, 0.15) is 11.5 Å². The van der Waals surface area contributed by atoms with Crippen molar-refractivity contribution in [2.45, 2.75) is 6.54 Å². The van der Waals surface area contributed by atoms with E-state index in [1.54, 1.807) is 31.8 Å². The van der Waals surface area contributed by atoms with Crippen molar-refractivity contribution in [2.24, 2.45) is 0 Å². The molecule has 116 valence electrons. The molecule has 0 amide bonds. The van der Waals surface area contributed by atoms with Gasteiger partial charge in [0.25, 0.3) is 0 Å². The molecule has 2 heterocycles. The van der Waals surface area contributed by atoms with Gasteiger partial charge in [0.15, 0.2) is 0 Å². The highest BCUT2D eigenvalue weighted by atomic mass is 16.5. The molecule has 6 heteroatoms. The number of nitrogens with zero attached hydrogens (tertiary/aromatic N) is 3. The van der Waals surface area contributed by atoms with Crippen LogP contribution in [0, 0.1) is 0 Å². The quantitative estimate of drug-likeness (QED) is 0.753. The Morgan fingerprint density at radius 1 is 0.913 bits per heavy atom. The zero-order chi connectivity index (χ0) is 15.9. The molecule has 0 spiro atoms. The van der Waals surface area contributed by atoms with Crippen molar-refractivity contribution in [3.05, 3.63) is 66.6 Å². The van der Waals surface area contributed by atoms with Crippen LogP contribution in [0.2, 0.25) is 0 Å². The molecule has 0 fully saturated rings. The Bertz CT molecular complexity index is 748. The summed E-state index contributed by atoms with van der Waals surface area (Å²) < 4.78 is 10.9. The van der Waals surface area contributed by atoms with E-state index in [-0.39, 0.29) is 0 Å². The van der Waals surface area contributed by atoms with E-state index in [1.165, 1.54) is 0 Å². The van der Waals surface area contributed by atoms with Crippen molar-refractivity contribution in [3.63, 3.8) is 0 Å². The summed E-state index contributed by atoms with van der Waals surface area (Å²) in [6.45, 7) is 0.589. The minimum absolute atomic E-state index is 0.531. The van der Waals surface area contributed by atoms with Gasteiger partial charge in [-0.25, -0.2) is 15.0 Å². The standard InChI is InChI=1S/C17H16N4O2/c1-22-14-3-5-15(6-4-14)23-16-11-13(7-10-18-16)12-21-17-19-8-2-9-20-17/h2-11H,12H2,1H3,(H,19,20,21). The first kappa shape index (κ1) is 14.8. The normalized spacial score (nSPS) is 10.1. The van der Waals surface area contributed by atoms with E-state index in [0.29, 0.717) is 24.1 Å². The van der Waals surface area contributed by atoms with Gasteiger partial charge in [-0.15, -0.1) is 0 Å².